The summed E-state index contributed by atoms with van der Waals surface area (Å²) in [5.74, 6) is 0.524. The summed E-state index contributed by atoms with van der Waals surface area (Å²) in [4.78, 5) is 14.5. The van der Waals surface area contributed by atoms with Crippen molar-refractivity contribution in [2.24, 2.45) is 5.10 Å². The molecule has 0 aromatic heterocycles. The molecule has 0 aliphatic carbocycles. The lowest BCUT2D eigenvalue weighted by atomic mass is 10.2. The third-order valence-electron chi connectivity index (χ3n) is 4.16. The summed E-state index contributed by atoms with van der Waals surface area (Å²) < 4.78 is 6.02. The Balaban J connectivity index is 1.59. The smallest absolute Gasteiger partial charge is 0.271 e. The molecule has 0 atom stereocenters. The number of nitrogens with zero attached hydrogens (tertiary/aromatic N) is 2. The molecule has 1 fully saturated rings. The molecule has 2 aromatic carbocycles. The Labute approximate surface area is 155 Å². The number of hydrazone groups is 1. The summed E-state index contributed by atoms with van der Waals surface area (Å²) in [7, 11) is 1.61. The molecule has 1 heterocycles. The molecular weight excluding hydrogens is 382 g/mol. The fourth-order valence-corrected chi connectivity index (χ4v) is 3.35. The minimum atomic E-state index is -0.225. The van der Waals surface area contributed by atoms with Gasteiger partial charge in [0.05, 0.1) is 17.8 Å². The molecule has 1 saturated heterocycles. The van der Waals surface area contributed by atoms with Gasteiger partial charge in [0.15, 0.2) is 0 Å². The van der Waals surface area contributed by atoms with Gasteiger partial charge in [0.1, 0.15) is 5.75 Å². The zero-order valence-electron chi connectivity index (χ0n) is 14.0. The van der Waals surface area contributed by atoms with Crippen LogP contribution in [0, 0.1) is 0 Å². The molecule has 5 nitrogen and oxygen atoms in total. The Hall–Kier alpha value is -2.34. The Bertz CT molecular complexity index is 769. The van der Waals surface area contributed by atoms with Crippen LogP contribution in [0.1, 0.15) is 28.8 Å². The number of carbonyl (C=O) groups excluding carboxylic acids is 1. The van der Waals surface area contributed by atoms with Gasteiger partial charge in [-0.05, 0) is 76.8 Å². The van der Waals surface area contributed by atoms with Gasteiger partial charge in [0.2, 0.25) is 0 Å². The third kappa shape index (κ3) is 4.39. The van der Waals surface area contributed by atoms with Gasteiger partial charge in [0, 0.05) is 24.3 Å². The standard InChI is InChI=1S/C19H20BrN3O2/c1-25-18-9-4-14(12-17(18)20)13-21-22-19(24)15-5-7-16(8-6-15)23-10-2-3-11-23/h4-9,12-13H,2-3,10-11H2,1H3,(H,22,24)/b21-13-. The lowest BCUT2D eigenvalue weighted by Gasteiger charge is -2.17. The van der Waals surface area contributed by atoms with Gasteiger partial charge in [-0.2, -0.15) is 5.10 Å². The van der Waals surface area contributed by atoms with Crippen LogP contribution in [0.3, 0.4) is 0 Å². The SMILES string of the molecule is COc1ccc(/C=N\NC(=O)c2ccc(N3CCCC3)cc2)cc1Br. The second-order valence-corrected chi connectivity index (χ2v) is 6.69. The molecule has 2 aromatic rings. The second kappa shape index (κ2) is 8.16. The van der Waals surface area contributed by atoms with E-state index in [-0.39, 0.29) is 5.91 Å². The number of amides is 1. The van der Waals surface area contributed by atoms with Crippen molar-refractivity contribution in [3.63, 3.8) is 0 Å². The minimum absolute atomic E-state index is 0.225. The average Bonchev–Trinajstić information content (AvgIpc) is 3.16. The lowest BCUT2D eigenvalue weighted by Crippen LogP contribution is -2.19. The van der Waals surface area contributed by atoms with Gasteiger partial charge in [-0.1, -0.05) is 0 Å². The first-order chi connectivity index (χ1) is 12.2. The molecule has 1 aliphatic heterocycles. The van der Waals surface area contributed by atoms with E-state index in [1.807, 2.05) is 42.5 Å². The van der Waals surface area contributed by atoms with Crippen molar-refractivity contribution < 1.29 is 9.53 Å². The monoisotopic (exact) mass is 401 g/mol. The van der Waals surface area contributed by atoms with Gasteiger partial charge in [0.25, 0.3) is 5.91 Å². The topological polar surface area (TPSA) is 53.9 Å². The second-order valence-electron chi connectivity index (χ2n) is 5.83. The largest absolute Gasteiger partial charge is 0.496 e. The van der Waals surface area contributed by atoms with Crippen LogP contribution in [0.25, 0.3) is 0 Å². The van der Waals surface area contributed by atoms with E-state index in [1.165, 1.54) is 18.5 Å². The van der Waals surface area contributed by atoms with Crippen molar-refractivity contribution in [2.45, 2.75) is 12.8 Å². The number of halogens is 1. The zero-order valence-corrected chi connectivity index (χ0v) is 15.6. The molecule has 0 spiro atoms. The van der Waals surface area contributed by atoms with Crippen LogP contribution >= 0.6 is 15.9 Å². The first-order valence-corrected chi connectivity index (χ1v) is 8.98. The number of methoxy groups -OCH3 is 1. The highest BCUT2D eigenvalue weighted by Gasteiger charge is 2.12. The van der Waals surface area contributed by atoms with Crippen molar-refractivity contribution in [3.05, 3.63) is 58.1 Å². The van der Waals surface area contributed by atoms with Gasteiger partial charge < -0.3 is 9.64 Å². The maximum Gasteiger partial charge on any atom is 0.271 e. The van der Waals surface area contributed by atoms with Crippen molar-refractivity contribution in [1.82, 2.24) is 5.43 Å². The van der Waals surface area contributed by atoms with Crippen LogP contribution in [-0.4, -0.2) is 32.3 Å². The summed E-state index contributed by atoms with van der Waals surface area (Å²) in [6.07, 6.45) is 4.07. The number of benzene rings is 2. The fourth-order valence-electron chi connectivity index (χ4n) is 2.79. The number of hydrogen-bond donors (Lipinski definition) is 1. The lowest BCUT2D eigenvalue weighted by molar-refractivity contribution is 0.0955. The molecule has 0 saturated carbocycles. The average molecular weight is 402 g/mol. The Kier molecular flexibility index (Phi) is 5.71. The number of rotatable bonds is 5. The highest BCUT2D eigenvalue weighted by molar-refractivity contribution is 9.10. The van der Waals surface area contributed by atoms with Gasteiger partial charge in [-0.3, -0.25) is 4.79 Å². The third-order valence-corrected chi connectivity index (χ3v) is 4.78. The van der Waals surface area contributed by atoms with E-state index < -0.39 is 0 Å². The van der Waals surface area contributed by atoms with E-state index in [1.54, 1.807) is 13.3 Å². The first-order valence-electron chi connectivity index (χ1n) is 8.19. The number of anilines is 1. The molecule has 1 aliphatic rings. The van der Waals surface area contributed by atoms with E-state index in [2.05, 4.69) is 31.4 Å². The van der Waals surface area contributed by atoms with E-state index in [0.29, 0.717) is 5.56 Å². The quantitative estimate of drug-likeness (QED) is 0.611. The zero-order chi connectivity index (χ0) is 17.6. The summed E-state index contributed by atoms with van der Waals surface area (Å²) in [5.41, 5.74) is 5.17. The van der Waals surface area contributed by atoms with Gasteiger partial charge in [-0.15, -0.1) is 0 Å². The van der Waals surface area contributed by atoms with Crippen LogP contribution < -0.4 is 15.1 Å². The molecule has 25 heavy (non-hydrogen) atoms. The molecule has 1 amide bonds. The summed E-state index contributed by atoms with van der Waals surface area (Å²) in [6.45, 7) is 2.18. The van der Waals surface area contributed by atoms with Crippen LogP contribution in [0.5, 0.6) is 5.75 Å². The molecule has 0 unspecified atom stereocenters. The number of nitrogens with one attached hydrogen (secondary N) is 1. The van der Waals surface area contributed by atoms with Gasteiger partial charge >= 0.3 is 0 Å². The molecule has 1 N–H and O–H groups in total. The Morgan fingerprint density at radius 2 is 1.92 bits per heavy atom. The van der Waals surface area contributed by atoms with E-state index in [4.69, 9.17) is 4.74 Å². The van der Waals surface area contributed by atoms with Crippen molar-refractivity contribution in [2.75, 3.05) is 25.1 Å². The Morgan fingerprint density at radius 1 is 1.20 bits per heavy atom. The van der Waals surface area contributed by atoms with Crippen LogP contribution in [0.2, 0.25) is 0 Å². The van der Waals surface area contributed by atoms with E-state index >= 15 is 0 Å². The normalized spacial score (nSPS) is 14.1. The maximum absolute atomic E-state index is 12.2. The summed E-state index contributed by atoms with van der Waals surface area (Å²) in [6, 6.07) is 13.2. The molecule has 6 heteroatoms. The molecule has 0 bridgehead atoms. The maximum atomic E-state index is 12.2. The van der Waals surface area contributed by atoms with Gasteiger partial charge in [-0.25, -0.2) is 5.43 Å². The first kappa shape index (κ1) is 17.5. The number of hydrogen-bond acceptors (Lipinski definition) is 4. The van der Waals surface area contributed by atoms with E-state index in [0.717, 1.165) is 28.9 Å². The van der Waals surface area contributed by atoms with Crippen molar-refractivity contribution >= 4 is 33.7 Å². The molecular formula is C19H20BrN3O2. The van der Waals surface area contributed by atoms with Crippen LogP contribution in [0.15, 0.2) is 52.0 Å². The van der Waals surface area contributed by atoms with E-state index in [9.17, 15) is 4.79 Å². The minimum Gasteiger partial charge on any atom is -0.496 e. The summed E-state index contributed by atoms with van der Waals surface area (Å²) >= 11 is 3.42. The van der Waals surface area contributed by atoms with Crippen molar-refractivity contribution in [1.29, 1.82) is 0 Å². The molecule has 130 valence electrons. The Morgan fingerprint density at radius 3 is 2.56 bits per heavy atom. The molecule has 3 rings (SSSR count). The van der Waals surface area contributed by atoms with Crippen molar-refractivity contribution in [3.8, 4) is 5.75 Å². The number of carbonyl (C=O) groups is 1. The predicted octanol–water partition coefficient (Wildman–Crippen LogP) is 3.82. The highest BCUT2D eigenvalue weighted by Crippen LogP contribution is 2.24. The van der Waals surface area contributed by atoms with Crippen LogP contribution in [-0.2, 0) is 0 Å². The predicted molar refractivity (Wildman–Crippen MR) is 104 cm³/mol. The molecule has 0 radical (unpaired) electrons. The highest BCUT2D eigenvalue weighted by atomic mass is 79.9. The summed E-state index contributed by atoms with van der Waals surface area (Å²) in [5, 5.41) is 4.02. The fraction of sp³-hybridized carbons (Fsp3) is 0.263. The number of ether oxygens (including phenoxy) is 1. The van der Waals surface area contributed by atoms with Crippen LogP contribution in [0.4, 0.5) is 5.69 Å².